The lowest BCUT2D eigenvalue weighted by atomic mass is 10.1. The van der Waals surface area contributed by atoms with Crippen LogP contribution in [-0.4, -0.2) is 48.4 Å². The molecule has 2 aliphatic rings. The molecule has 8 nitrogen and oxygen atoms in total. The van der Waals surface area contributed by atoms with Crippen LogP contribution in [0.15, 0.2) is 27.6 Å². The van der Waals surface area contributed by atoms with Crippen molar-refractivity contribution in [2.75, 3.05) is 24.5 Å². The normalized spacial score (nSPS) is 17.3. The summed E-state index contributed by atoms with van der Waals surface area (Å²) in [5.74, 6) is 1.49. The minimum atomic E-state index is -3.46. The quantitative estimate of drug-likeness (QED) is 0.648. The summed E-state index contributed by atoms with van der Waals surface area (Å²) in [6.07, 6.45) is 5.16. The van der Waals surface area contributed by atoms with Gasteiger partial charge in [0, 0.05) is 44.1 Å². The Hall–Kier alpha value is -2.26. The van der Waals surface area contributed by atoms with Gasteiger partial charge in [-0.25, -0.2) is 8.42 Å². The van der Waals surface area contributed by atoms with E-state index >= 15 is 0 Å². The molecule has 0 N–H and O–H groups in total. The first kappa shape index (κ1) is 22.0. The summed E-state index contributed by atoms with van der Waals surface area (Å²) >= 11 is 0. The molecule has 1 fully saturated rings. The third-order valence-electron chi connectivity index (χ3n) is 5.98. The molecule has 9 heteroatoms. The van der Waals surface area contributed by atoms with Gasteiger partial charge in [0.15, 0.2) is 5.82 Å². The lowest BCUT2D eigenvalue weighted by Crippen LogP contribution is -2.35. The van der Waals surface area contributed by atoms with Crippen molar-refractivity contribution in [3.05, 3.63) is 35.5 Å². The summed E-state index contributed by atoms with van der Waals surface area (Å²) in [5.41, 5.74) is 1.74. The Bertz CT molecular complexity index is 1040. The molecule has 0 aliphatic carbocycles. The number of sulfonamides is 1. The molecule has 2 aliphatic heterocycles. The fraction of sp³-hybridized carbons (Fsp3) is 0.591. The Morgan fingerprint density at radius 3 is 2.65 bits per heavy atom. The molecule has 4 rings (SSSR count). The summed E-state index contributed by atoms with van der Waals surface area (Å²) in [4.78, 5) is 19.2. The number of nitrogens with zero attached hydrogens (tertiary/aromatic N) is 4. The van der Waals surface area contributed by atoms with Gasteiger partial charge in [0.05, 0.1) is 4.90 Å². The van der Waals surface area contributed by atoms with Gasteiger partial charge >= 0.3 is 0 Å². The minimum absolute atomic E-state index is 0.0361. The molecule has 168 valence electrons. The number of piperidine rings is 1. The number of carbonyl (C=O) groups is 1. The van der Waals surface area contributed by atoms with Crippen LogP contribution in [-0.2, 0) is 27.7 Å². The van der Waals surface area contributed by atoms with Crippen molar-refractivity contribution in [2.45, 2.75) is 69.6 Å². The van der Waals surface area contributed by atoms with Gasteiger partial charge in [-0.1, -0.05) is 25.4 Å². The molecule has 2 aromatic rings. The highest BCUT2D eigenvalue weighted by atomic mass is 32.2. The van der Waals surface area contributed by atoms with Crippen molar-refractivity contribution in [3.63, 3.8) is 0 Å². The van der Waals surface area contributed by atoms with Crippen molar-refractivity contribution in [2.24, 2.45) is 0 Å². The van der Waals surface area contributed by atoms with Crippen LogP contribution in [0.4, 0.5) is 5.69 Å². The fourth-order valence-corrected chi connectivity index (χ4v) is 5.75. The van der Waals surface area contributed by atoms with E-state index < -0.39 is 10.0 Å². The molecule has 0 bridgehead atoms. The van der Waals surface area contributed by atoms with E-state index in [1.807, 2.05) is 13.8 Å². The number of aryl methyl sites for hydroxylation is 1. The molecule has 0 unspecified atom stereocenters. The Labute approximate surface area is 183 Å². The zero-order valence-corrected chi connectivity index (χ0v) is 19.0. The second kappa shape index (κ2) is 9.08. The van der Waals surface area contributed by atoms with Crippen LogP contribution in [0.3, 0.4) is 0 Å². The highest BCUT2D eigenvalue weighted by Gasteiger charge is 2.30. The first-order chi connectivity index (χ1) is 14.9. The number of fused-ring (bicyclic) bond motifs is 1. The number of hydrogen-bond acceptors (Lipinski definition) is 6. The van der Waals surface area contributed by atoms with Crippen LogP contribution in [0.5, 0.6) is 0 Å². The van der Waals surface area contributed by atoms with Crippen LogP contribution < -0.4 is 4.90 Å². The van der Waals surface area contributed by atoms with Gasteiger partial charge < -0.3 is 9.42 Å². The molecule has 1 amide bonds. The topological polar surface area (TPSA) is 96.6 Å². The number of amides is 1. The molecule has 0 radical (unpaired) electrons. The summed E-state index contributed by atoms with van der Waals surface area (Å²) in [7, 11) is -3.46. The largest absolute Gasteiger partial charge is 0.339 e. The molecule has 0 spiro atoms. The number of aromatic nitrogens is 2. The number of rotatable bonds is 7. The van der Waals surface area contributed by atoms with E-state index in [9.17, 15) is 13.2 Å². The Morgan fingerprint density at radius 2 is 1.94 bits per heavy atom. The summed E-state index contributed by atoms with van der Waals surface area (Å²) in [6.45, 7) is 5.77. The van der Waals surface area contributed by atoms with Crippen LogP contribution in [0, 0.1) is 0 Å². The van der Waals surface area contributed by atoms with E-state index in [1.165, 1.54) is 0 Å². The molecule has 0 saturated carbocycles. The number of benzene rings is 1. The first-order valence-electron chi connectivity index (χ1n) is 11.1. The Morgan fingerprint density at radius 1 is 1.16 bits per heavy atom. The number of anilines is 1. The van der Waals surface area contributed by atoms with E-state index in [4.69, 9.17) is 4.52 Å². The maximum absolute atomic E-state index is 12.9. The summed E-state index contributed by atoms with van der Waals surface area (Å²) < 4.78 is 32.7. The maximum Gasteiger partial charge on any atom is 0.243 e. The molecule has 1 saturated heterocycles. The van der Waals surface area contributed by atoms with E-state index in [2.05, 4.69) is 10.1 Å². The molecular formula is C22H30N4O4S. The Balaban J connectivity index is 1.38. The van der Waals surface area contributed by atoms with Crippen LogP contribution in [0.25, 0.3) is 0 Å². The van der Waals surface area contributed by atoms with E-state index in [0.29, 0.717) is 61.9 Å². The maximum atomic E-state index is 12.9. The van der Waals surface area contributed by atoms with E-state index in [-0.39, 0.29) is 11.8 Å². The van der Waals surface area contributed by atoms with E-state index in [0.717, 1.165) is 30.5 Å². The van der Waals surface area contributed by atoms with Gasteiger partial charge in [-0.15, -0.1) is 0 Å². The van der Waals surface area contributed by atoms with Gasteiger partial charge in [-0.05, 0) is 49.4 Å². The van der Waals surface area contributed by atoms with Crippen LogP contribution >= 0.6 is 0 Å². The van der Waals surface area contributed by atoms with Crippen LogP contribution in [0.1, 0.15) is 69.1 Å². The van der Waals surface area contributed by atoms with Gasteiger partial charge in [0.25, 0.3) is 0 Å². The molecule has 3 heterocycles. The van der Waals surface area contributed by atoms with Crippen molar-refractivity contribution in [3.8, 4) is 0 Å². The second-order valence-electron chi connectivity index (χ2n) is 8.61. The van der Waals surface area contributed by atoms with Gasteiger partial charge in [-0.3, -0.25) is 4.79 Å². The van der Waals surface area contributed by atoms with Gasteiger partial charge in [0.2, 0.25) is 21.8 Å². The molecule has 31 heavy (non-hydrogen) atoms. The van der Waals surface area contributed by atoms with Crippen LogP contribution in [0.2, 0.25) is 0 Å². The zero-order chi connectivity index (χ0) is 22.0. The van der Waals surface area contributed by atoms with Crippen molar-refractivity contribution in [1.29, 1.82) is 0 Å². The molecular weight excluding hydrogens is 416 g/mol. The van der Waals surface area contributed by atoms with Crippen molar-refractivity contribution in [1.82, 2.24) is 14.4 Å². The minimum Gasteiger partial charge on any atom is -0.339 e. The predicted octanol–water partition coefficient (Wildman–Crippen LogP) is 3.28. The fourth-order valence-electron chi connectivity index (χ4n) is 4.18. The van der Waals surface area contributed by atoms with Crippen molar-refractivity contribution >= 4 is 21.6 Å². The molecule has 1 aromatic carbocycles. The van der Waals surface area contributed by atoms with Gasteiger partial charge in [0.1, 0.15) is 0 Å². The smallest absolute Gasteiger partial charge is 0.243 e. The lowest BCUT2D eigenvalue weighted by Gasteiger charge is -2.26. The lowest BCUT2D eigenvalue weighted by molar-refractivity contribution is -0.118. The summed E-state index contributed by atoms with van der Waals surface area (Å²) in [6, 6.07) is 5.17. The monoisotopic (exact) mass is 446 g/mol. The van der Waals surface area contributed by atoms with Gasteiger partial charge in [-0.2, -0.15) is 9.29 Å². The zero-order valence-electron chi connectivity index (χ0n) is 18.2. The third-order valence-corrected chi connectivity index (χ3v) is 7.88. The summed E-state index contributed by atoms with van der Waals surface area (Å²) in [5, 5.41) is 3.95. The number of hydrogen-bond donors (Lipinski definition) is 0. The average molecular weight is 447 g/mol. The molecule has 1 aromatic heterocycles. The first-order valence-corrected chi connectivity index (χ1v) is 12.6. The average Bonchev–Trinajstić information content (AvgIpc) is 3.41. The van der Waals surface area contributed by atoms with E-state index in [1.54, 1.807) is 27.4 Å². The predicted molar refractivity (Wildman–Crippen MR) is 116 cm³/mol. The standard InChI is InChI=1S/C22H30N4O4S/c1-16(2)22-23-20(30-24-22)7-6-8-21(27)26-14-11-17-15-18(9-10-19(17)26)31(28,29)25-12-4-3-5-13-25/h9-10,15-16H,3-8,11-14H2,1-2H3. The highest BCUT2D eigenvalue weighted by molar-refractivity contribution is 7.89. The SMILES string of the molecule is CC(C)c1noc(CCCC(=O)N2CCc3cc(S(=O)(=O)N4CCCCC4)ccc32)n1. The highest BCUT2D eigenvalue weighted by Crippen LogP contribution is 2.32. The number of carbonyl (C=O) groups excluding carboxylic acids is 1. The third kappa shape index (κ3) is 4.67. The second-order valence-corrected chi connectivity index (χ2v) is 10.5. The molecule has 0 atom stereocenters. The Kier molecular flexibility index (Phi) is 6.43. The van der Waals surface area contributed by atoms with Crippen molar-refractivity contribution < 1.29 is 17.7 Å².